The van der Waals surface area contributed by atoms with Crippen LogP contribution in [0.25, 0.3) is 0 Å². The second-order valence-electron chi connectivity index (χ2n) is 3.77. The zero-order valence-corrected chi connectivity index (χ0v) is 8.59. The van der Waals surface area contributed by atoms with Gasteiger partial charge in [-0.1, -0.05) is 13.3 Å². The van der Waals surface area contributed by atoms with Gasteiger partial charge in [0.05, 0.1) is 17.6 Å². The predicted octanol–water partition coefficient (Wildman–Crippen LogP) is 2.48. The summed E-state index contributed by atoms with van der Waals surface area (Å²) in [6, 6.07) is 2.62. The molecule has 1 aliphatic heterocycles. The molecule has 3 heteroatoms. The smallest absolute Gasteiger partial charge is 0.0764 e. The van der Waals surface area contributed by atoms with Gasteiger partial charge in [-0.05, 0) is 18.9 Å². The lowest BCUT2D eigenvalue weighted by Gasteiger charge is -2.15. The average molecular weight is 191 g/mol. The van der Waals surface area contributed by atoms with Crippen molar-refractivity contribution in [3.8, 4) is 0 Å². The molecule has 76 valence electrons. The van der Waals surface area contributed by atoms with E-state index in [1.54, 1.807) is 0 Å². The molecule has 2 heterocycles. The van der Waals surface area contributed by atoms with Crippen molar-refractivity contribution >= 4 is 11.4 Å². The van der Waals surface area contributed by atoms with E-state index in [9.17, 15) is 0 Å². The minimum atomic E-state index is 0.595. The summed E-state index contributed by atoms with van der Waals surface area (Å²) in [5.41, 5.74) is 2.32. The Morgan fingerprint density at radius 1 is 1.50 bits per heavy atom. The van der Waals surface area contributed by atoms with Crippen molar-refractivity contribution in [1.29, 1.82) is 0 Å². The van der Waals surface area contributed by atoms with Gasteiger partial charge >= 0.3 is 0 Å². The Balaban J connectivity index is 2.14. The number of nitrogens with zero attached hydrogens (tertiary/aromatic N) is 1. The van der Waals surface area contributed by atoms with E-state index in [4.69, 9.17) is 0 Å². The van der Waals surface area contributed by atoms with Crippen molar-refractivity contribution in [2.24, 2.45) is 0 Å². The molecule has 1 aromatic rings. The summed E-state index contributed by atoms with van der Waals surface area (Å²) in [7, 11) is 0. The molecule has 0 fully saturated rings. The van der Waals surface area contributed by atoms with Crippen molar-refractivity contribution in [3.63, 3.8) is 0 Å². The highest BCUT2D eigenvalue weighted by atomic mass is 15.0. The second-order valence-corrected chi connectivity index (χ2v) is 3.77. The SMILES string of the molecule is CCCC1CCNc2ccncc2N1. The van der Waals surface area contributed by atoms with Crippen LogP contribution in [0.15, 0.2) is 18.5 Å². The number of hydrogen-bond acceptors (Lipinski definition) is 3. The van der Waals surface area contributed by atoms with Gasteiger partial charge in [0.15, 0.2) is 0 Å². The number of hydrogen-bond donors (Lipinski definition) is 2. The molecule has 0 saturated heterocycles. The first-order valence-corrected chi connectivity index (χ1v) is 5.34. The van der Waals surface area contributed by atoms with Crippen LogP contribution in [0.4, 0.5) is 11.4 Å². The second kappa shape index (κ2) is 4.31. The van der Waals surface area contributed by atoms with Crippen molar-refractivity contribution in [2.75, 3.05) is 17.2 Å². The molecule has 0 saturated carbocycles. The van der Waals surface area contributed by atoms with Crippen molar-refractivity contribution < 1.29 is 0 Å². The molecule has 0 spiro atoms. The Bertz CT molecular complexity index is 298. The quantitative estimate of drug-likeness (QED) is 0.754. The predicted molar refractivity (Wildman–Crippen MR) is 59.7 cm³/mol. The number of fused-ring (bicyclic) bond motifs is 1. The van der Waals surface area contributed by atoms with Crippen LogP contribution >= 0.6 is 0 Å². The molecule has 3 nitrogen and oxygen atoms in total. The minimum Gasteiger partial charge on any atom is -0.383 e. The van der Waals surface area contributed by atoms with Crippen molar-refractivity contribution in [1.82, 2.24) is 4.98 Å². The summed E-state index contributed by atoms with van der Waals surface area (Å²) < 4.78 is 0. The highest BCUT2D eigenvalue weighted by molar-refractivity contribution is 5.68. The van der Waals surface area contributed by atoms with Gasteiger partial charge in [-0.15, -0.1) is 0 Å². The fourth-order valence-electron chi connectivity index (χ4n) is 1.90. The van der Waals surface area contributed by atoms with Crippen LogP contribution in [0.1, 0.15) is 26.2 Å². The van der Waals surface area contributed by atoms with Crippen LogP contribution in [0.5, 0.6) is 0 Å². The Hall–Kier alpha value is -1.25. The molecule has 1 atom stereocenters. The Labute approximate surface area is 84.9 Å². The van der Waals surface area contributed by atoms with Gasteiger partial charge < -0.3 is 10.6 Å². The fraction of sp³-hybridized carbons (Fsp3) is 0.545. The largest absolute Gasteiger partial charge is 0.383 e. The van der Waals surface area contributed by atoms with Crippen LogP contribution in [-0.2, 0) is 0 Å². The number of nitrogens with one attached hydrogen (secondary N) is 2. The van der Waals surface area contributed by atoms with Gasteiger partial charge in [0, 0.05) is 18.8 Å². The fourth-order valence-corrected chi connectivity index (χ4v) is 1.90. The maximum absolute atomic E-state index is 4.13. The third kappa shape index (κ3) is 1.97. The molecule has 1 unspecified atom stereocenters. The standard InChI is InChI=1S/C11H17N3/c1-2-3-9-4-7-13-10-5-6-12-8-11(10)14-9/h5-6,8-9,13-14H,2-4,7H2,1H3. The number of rotatable bonds is 2. The van der Waals surface area contributed by atoms with E-state index < -0.39 is 0 Å². The van der Waals surface area contributed by atoms with E-state index in [1.807, 2.05) is 18.5 Å². The first kappa shape index (κ1) is 9.31. The molecule has 0 aromatic carbocycles. The maximum atomic E-state index is 4.13. The lowest BCUT2D eigenvalue weighted by molar-refractivity contribution is 0.615. The van der Waals surface area contributed by atoms with Gasteiger partial charge in [-0.25, -0.2) is 0 Å². The topological polar surface area (TPSA) is 37.0 Å². The van der Waals surface area contributed by atoms with Gasteiger partial charge in [-0.3, -0.25) is 4.98 Å². The molecular formula is C11H17N3. The van der Waals surface area contributed by atoms with E-state index >= 15 is 0 Å². The molecule has 14 heavy (non-hydrogen) atoms. The minimum absolute atomic E-state index is 0.595. The first-order valence-electron chi connectivity index (χ1n) is 5.34. The molecule has 1 aromatic heterocycles. The van der Waals surface area contributed by atoms with Crippen LogP contribution < -0.4 is 10.6 Å². The summed E-state index contributed by atoms with van der Waals surface area (Å²) in [5, 5.41) is 6.95. The third-order valence-corrected chi connectivity index (χ3v) is 2.63. The average Bonchev–Trinajstić information content (AvgIpc) is 2.40. The van der Waals surface area contributed by atoms with Gasteiger partial charge in [0.2, 0.25) is 0 Å². The number of anilines is 2. The molecule has 0 radical (unpaired) electrons. The lowest BCUT2D eigenvalue weighted by Crippen LogP contribution is -2.19. The highest BCUT2D eigenvalue weighted by Crippen LogP contribution is 2.24. The molecule has 2 rings (SSSR count). The molecule has 0 amide bonds. The third-order valence-electron chi connectivity index (χ3n) is 2.63. The number of aromatic nitrogens is 1. The van der Waals surface area contributed by atoms with Crippen LogP contribution in [0.3, 0.4) is 0 Å². The lowest BCUT2D eigenvalue weighted by atomic mass is 10.1. The Kier molecular flexibility index (Phi) is 2.87. The molecular weight excluding hydrogens is 174 g/mol. The molecule has 2 N–H and O–H groups in total. The van der Waals surface area contributed by atoms with E-state index in [0.29, 0.717) is 6.04 Å². The van der Waals surface area contributed by atoms with E-state index in [2.05, 4.69) is 22.5 Å². The van der Waals surface area contributed by atoms with Crippen LogP contribution in [0.2, 0.25) is 0 Å². The summed E-state index contributed by atoms with van der Waals surface area (Å²) in [6.07, 6.45) is 7.37. The van der Waals surface area contributed by atoms with Crippen molar-refractivity contribution in [2.45, 2.75) is 32.2 Å². The van der Waals surface area contributed by atoms with Crippen LogP contribution in [-0.4, -0.2) is 17.6 Å². The summed E-state index contributed by atoms with van der Waals surface area (Å²) in [4.78, 5) is 4.13. The van der Waals surface area contributed by atoms with Gasteiger partial charge in [-0.2, -0.15) is 0 Å². The molecule has 0 bridgehead atoms. The number of pyridine rings is 1. The zero-order chi connectivity index (χ0) is 9.80. The summed E-state index contributed by atoms with van der Waals surface area (Å²) >= 11 is 0. The summed E-state index contributed by atoms with van der Waals surface area (Å²) in [5.74, 6) is 0. The monoisotopic (exact) mass is 191 g/mol. The van der Waals surface area contributed by atoms with E-state index in [0.717, 1.165) is 12.2 Å². The van der Waals surface area contributed by atoms with E-state index in [1.165, 1.54) is 24.9 Å². The normalized spacial score (nSPS) is 20.2. The van der Waals surface area contributed by atoms with Crippen molar-refractivity contribution in [3.05, 3.63) is 18.5 Å². The van der Waals surface area contributed by atoms with Gasteiger partial charge in [0.1, 0.15) is 0 Å². The maximum Gasteiger partial charge on any atom is 0.0764 e. The zero-order valence-electron chi connectivity index (χ0n) is 8.59. The van der Waals surface area contributed by atoms with Gasteiger partial charge in [0.25, 0.3) is 0 Å². The van der Waals surface area contributed by atoms with E-state index in [-0.39, 0.29) is 0 Å². The molecule has 1 aliphatic rings. The Morgan fingerprint density at radius 2 is 2.43 bits per heavy atom. The van der Waals surface area contributed by atoms with Crippen LogP contribution in [0, 0.1) is 0 Å². The highest BCUT2D eigenvalue weighted by Gasteiger charge is 2.13. The first-order chi connectivity index (χ1) is 6.90. The Morgan fingerprint density at radius 3 is 3.29 bits per heavy atom. The molecule has 0 aliphatic carbocycles. The summed E-state index contributed by atoms with van der Waals surface area (Å²) in [6.45, 7) is 3.28.